The number of hydrogen-bond donors (Lipinski definition) is 2. The highest BCUT2D eigenvalue weighted by Gasteiger charge is 2.66. The van der Waals surface area contributed by atoms with E-state index in [4.69, 9.17) is 14.7 Å². The molecular weight excluding hydrogens is 398 g/mol. The minimum atomic E-state index is -1.68. The molecule has 2 amide bonds. The molecule has 0 saturated carbocycles. The second-order valence-corrected chi connectivity index (χ2v) is 7.57. The standard InChI is InChI=1S/C15H17N3O7S2/c1-8(19)25-5-9-6-27-14-15(24-2,17-10(20)7-26-4-3-16)13(23)18(14)11(9)12(21)22/h14H,4-7H2,1-2H3,(H,17,20)(H,21,22)/t14-,15?/m0/s1. The van der Waals surface area contributed by atoms with Gasteiger partial charge in [-0.05, 0) is 0 Å². The SMILES string of the molecule is COC1(NC(=O)CSCC#N)C(=O)N2C(C(=O)O)=C(COC(C)=O)CS[C@H]21. The van der Waals surface area contributed by atoms with E-state index in [1.807, 2.05) is 6.07 Å². The maximum atomic E-state index is 12.7. The molecule has 12 heteroatoms. The van der Waals surface area contributed by atoms with E-state index >= 15 is 0 Å². The average molecular weight is 415 g/mol. The molecule has 0 aliphatic carbocycles. The third kappa shape index (κ3) is 4.05. The summed E-state index contributed by atoms with van der Waals surface area (Å²) in [6, 6.07) is 1.89. The predicted molar refractivity (Wildman–Crippen MR) is 95.2 cm³/mol. The van der Waals surface area contributed by atoms with Gasteiger partial charge in [0.15, 0.2) is 0 Å². The normalized spacial score (nSPS) is 23.8. The van der Waals surface area contributed by atoms with Crippen LogP contribution < -0.4 is 5.32 Å². The summed E-state index contributed by atoms with van der Waals surface area (Å²) >= 11 is 2.27. The van der Waals surface area contributed by atoms with Crippen LogP contribution in [0, 0.1) is 11.3 Å². The summed E-state index contributed by atoms with van der Waals surface area (Å²) in [6.07, 6.45) is 0. The first kappa shape index (κ1) is 21.1. The molecule has 0 bridgehead atoms. The average Bonchev–Trinajstić information content (AvgIpc) is 2.63. The van der Waals surface area contributed by atoms with Crippen LogP contribution in [0.15, 0.2) is 11.3 Å². The number of carboxylic acids is 1. The maximum absolute atomic E-state index is 12.7. The van der Waals surface area contributed by atoms with Crippen LogP contribution in [-0.2, 0) is 28.7 Å². The number of esters is 1. The van der Waals surface area contributed by atoms with E-state index in [9.17, 15) is 24.3 Å². The van der Waals surface area contributed by atoms with Crippen LogP contribution in [0.4, 0.5) is 0 Å². The summed E-state index contributed by atoms with van der Waals surface area (Å²) in [5.74, 6) is -2.86. The van der Waals surface area contributed by atoms with Crippen molar-refractivity contribution in [1.29, 1.82) is 5.26 Å². The van der Waals surface area contributed by atoms with Crippen molar-refractivity contribution in [2.45, 2.75) is 18.0 Å². The third-order valence-electron chi connectivity index (χ3n) is 3.81. The minimum Gasteiger partial charge on any atom is -0.477 e. The Labute approximate surface area is 163 Å². The van der Waals surface area contributed by atoms with Crippen LogP contribution in [0.2, 0.25) is 0 Å². The molecule has 1 unspecified atom stereocenters. The zero-order valence-corrected chi connectivity index (χ0v) is 16.1. The van der Waals surface area contributed by atoms with Crippen molar-refractivity contribution in [3.63, 3.8) is 0 Å². The Morgan fingerprint density at radius 1 is 1.52 bits per heavy atom. The Bertz CT molecular complexity index is 748. The van der Waals surface area contributed by atoms with Crippen molar-refractivity contribution in [3.05, 3.63) is 11.3 Å². The molecule has 0 aromatic heterocycles. The fourth-order valence-electron chi connectivity index (χ4n) is 2.68. The van der Waals surface area contributed by atoms with Gasteiger partial charge in [0.1, 0.15) is 17.7 Å². The molecule has 0 radical (unpaired) electrons. The molecule has 1 fully saturated rings. The summed E-state index contributed by atoms with van der Waals surface area (Å²) in [5, 5.41) is 19.8. The van der Waals surface area contributed by atoms with Crippen LogP contribution in [0.5, 0.6) is 0 Å². The monoisotopic (exact) mass is 415 g/mol. The summed E-state index contributed by atoms with van der Waals surface area (Å²) in [4.78, 5) is 48.5. The van der Waals surface area contributed by atoms with Crippen molar-refractivity contribution >= 4 is 47.3 Å². The first-order valence-corrected chi connectivity index (χ1v) is 9.83. The summed E-state index contributed by atoms with van der Waals surface area (Å²) in [7, 11) is 1.25. The van der Waals surface area contributed by atoms with Gasteiger partial charge < -0.3 is 19.9 Å². The lowest BCUT2D eigenvalue weighted by molar-refractivity contribution is -0.192. The molecule has 2 aliphatic rings. The molecule has 0 aromatic carbocycles. The van der Waals surface area contributed by atoms with Gasteiger partial charge in [-0.1, -0.05) is 0 Å². The summed E-state index contributed by atoms with van der Waals surface area (Å²) < 4.78 is 10.1. The summed E-state index contributed by atoms with van der Waals surface area (Å²) in [6.45, 7) is 0.960. The molecule has 1 saturated heterocycles. The van der Waals surface area contributed by atoms with Gasteiger partial charge in [0.25, 0.3) is 11.6 Å². The van der Waals surface area contributed by atoms with E-state index in [0.717, 1.165) is 16.7 Å². The number of fused-ring (bicyclic) bond motifs is 1. The van der Waals surface area contributed by atoms with Crippen molar-refractivity contribution < 1.29 is 33.8 Å². The second-order valence-electron chi connectivity index (χ2n) is 5.51. The van der Waals surface area contributed by atoms with E-state index in [0.29, 0.717) is 0 Å². The number of nitriles is 1. The molecule has 0 aromatic rings. The Balaban J connectivity index is 2.21. The highest BCUT2D eigenvalue weighted by Crippen LogP contribution is 2.46. The molecule has 27 heavy (non-hydrogen) atoms. The number of ether oxygens (including phenoxy) is 2. The number of carboxylic acid groups (broad SMARTS) is 1. The largest absolute Gasteiger partial charge is 0.477 e. The van der Waals surface area contributed by atoms with Crippen molar-refractivity contribution in [3.8, 4) is 6.07 Å². The fourth-order valence-corrected chi connectivity index (χ4v) is 4.55. The van der Waals surface area contributed by atoms with E-state index in [1.165, 1.54) is 25.8 Å². The van der Waals surface area contributed by atoms with E-state index in [1.54, 1.807) is 0 Å². The number of nitrogens with one attached hydrogen (secondary N) is 1. The van der Waals surface area contributed by atoms with Gasteiger partial charge in [0.2, 0.25) is 5.91 Å². The van der Waals surface area contributed by atoms with Crippen LogP contribution in [0.25, 0.3) is 0 Å². The van der Waals surface area contributed by atoms with Crippen molar-refractivity contribution in [2.75, 3.05) is 31.0 Å². The number of aliphatic carboxylic acids is 1. The zero-order valence-electron chi connectivity index (χ0n) is 14.5. The lowest BCUT2D eigenvalue weighted by atomic mass is 9.98. The molecule has 2 atom stereocenters. The Hall–Kier alpha value is -2.23. The highest BCUT2D eigenvalue weighted by atomic mass is 32.2. The zero-order chi connectivity index (χ0) is 20.2. The number of amides is 2. The quantitative estimate of drug-likeness (QED) is 0.231. The van der Waals surface area contributed by atoms with Crippen LogP contribution >= 0.6 is 23.5 Å². The molecule has 2 aliphatic heterocycles. The van der Waals surface area contributed by atoms with E-state index in [-0.39, 0.29) is 35.1 Å². The van der Waals surface area contributed by atoms with Gasteiger partial charge in [-0.3, -0.25) is 19.3 Å². The Morgan fingerprint density at radius 3 is 2.78 bits per heavy atom. The van der Waals surface area contributed by atoms with Crippen LogP contribution in [0.3, 0.4) is 0 Å². The first-order chi connectivity index (χ1) is 12.8. The molecule has 2 heterocycles. The summed E-state index contributed by atoms with van der Waals surface area (Å²) in [5.41, 5.74) is -1.67. The third-order valence-corrected chi connectivity index (χ3v) is 5.98. The Morgan fingerprint density at radius 2 is 2.22 bits per heavy atom. The highest BCUT2D eigenvalue weighted by molar-refractivity contribution is 8.00. The smallest absolute Gasteiger partial charge is 0.352 e. The van der Waals surface area contributed by atoms with Gasteiger partial charge in [-0.25, -0.2) is 4.79 Å². The number of hydrogen-bond acceptors (Lipinski definition) is 9. The minimum absolute atomic E-state index is 0.0390. The van der Waals surface area contributed by atoms with Crippen molar-refractivity contribution in [1.82, 2.24) is 10.2 Å². The molecule has 2 rings (SSSR count). The van der Waals surface area contributed by atoms with Crippen LogP contribution in [-0.4, -0.2) is 75.8 Å². The van der Waals surface area contributed by atoms with E-state index < -0.39 is 34.9 Å². The second kappa shape index (κ2) is 8.64. The Kier molecular flexibility index (Phi) is 6.74. The molecule has 2 N–H and O–H groups in total. The lowest BCUT2D eigenvalue weighted by Crippen LogP contribution is -2.80. The van der Waals surface area contributed by atoms with Gasteiger partial charge in [-0.15, -0.1) is 23.5 Å². The topological polar surface area (TPSA) is 146 Å². The molecule has 146 valence electrons. The maximum Gasteiger partial charge on any atom is 0.352 e. The van der Waals surface area contributed by atoms with Gasteiger partial charge in [0, 0.05) is 25.4 Å². The molecular formula is C15H17N3O7S2. The van der Waals surface area contributed by atoms with Crippen LogP contribution in [0.1, 0.15) is 6.92 Å². The van der Waals surface area contributed by atoms with Gasteiger partial charge >= 0.3 is 11.9 Å². The van der Waals surface area contributed by atoms with E-state index in [2.05, 4.69) is 5.32 Å². The molecule has 10 nitrogen and oxygen atoms in total. The number of rotatable bonds is 8. The van der Waals surface area contributed by atoms with Gasteiger partial charge in [0.05, 0.1) is 17.6 Å². The van der Waals surface area contributed by atoms with Crippen molar-refractivity contribution in [2.24, 2.45) is 0 Å². The first-order valence-electron chi connectivity index (χ1n) is 7.63. The number of β-lactam (4-membered cyclic amide) rings is 1. The predicted octanol–water partition coefficient (Wildman–Crippen LogP) is -0.481. The van der Waals surface area contributed by atoms with Gasteiger partial charge in [-0.2, -0.15) is 5.26 Å². The number of carbonyl (C=O) groups excluding carboxylic acids is 3. The fraction of sp³-hybridized carbons (Fsp3) is 0.533. The molecule has 0 spiro atoms. The number of methoxy groups -OCH3 is 1. The lowest BCUT2D eigenvalue weighted by Gasteiger charge is -2.55. The number of thioether (sulfide) groups is 2. The number of nitrogens with zero attached hydrogens (tertiary/aromatic N) is 2. The number of carbonyl (C=O) groups is 4.